The summed E-state index contributed by atoms with van der Waals surface area (Å²) in [5.41, 5.74) is 1.05. The summed E-state index contributed by atoms with van der Waals surface area (Å²) < 4.78 is 27.6. The van der Waals surface area contributed by atoms with E-state index >= 15 is 0 Å². The SMILES string of the molecule is Cc1cccc(-c2nccn2[C@@H]2CO[C@H]3[C@@H]2OC[C@H]3O)c1F. The van der Waals surface area contributed by atoms with Crippen molar-refractivity contribution in [3.05, 3.63) is 42.0 Å². The van der Waals surface area contributed by atoms with Gasteiger partial charge in [0, 0.05) is 12.4 Å². The van der Waals surface area contributed by atoms with Crippen molar-refractivity contribution < 1.29 is 19.0 Å². The maximum absolute atomic E-state index is 14.4. The summed E-state index contributed by atoms with van der Waals surface area (Å²) in [4.78, 5) is 4.32. The number of hydrogen-bond donors (Lipinski definition) is 1. The third-order valence-corrected chi connectivity index (χ3v) is 4.46. The quantitative estimate of drug-likeness (QED) is 0.917. The molecule has 116 valence electrons. The van der Waals surface area contributed by atoms with Gasteiger partial charge in [-0.15, -0.1) is 0 Å². The Morgan fingerprint density at radius 1 is 1.27 bits per heavy atom. The summed E-state index contributed by atoms with van der Waals surface area (Å²) in [6.07, 6.45) is 2.31. The molecule has 1 N–H and O–H groups in total. The van der Waals surface area contributed by atoms with Gasteiger partial charge in [0.15, 0.2) is 0 Å². The molecule has 0 radical (unpaired) electrons. The van der Waals surface area contributed by atoms with E-state index in [1.165, 1.54) is 0 Å². The minimum atomic E-state index is -0.599. The topological polar surface area (TPSA) is 56.5 Å². The van der Waals surface area contributed by atoms with Crippen molar-refractivity contribution in [1.29, 1.82) is 0 Å². The van der Waals surface area contributed by atoms with E-state index in [-0.39, 0.29) is 30.7 Å². The lowest BCUT2D eigenvalue weighted by Gasteiger charge is -2.20. The number of rotatable bonds is 2. The molecule has 2 aliphatic heterocycles. The van der Waals surface area contributed by atoms with Crippen LogP contribution in [0.1, 0.15) is 11.6 Å². The smallest absolute Gasteiger partial charge is 0.143 e. The summed E-state index contributed by atoms with van der Waals surface area (Å²) in [5, 5.41) is 9.85. The van der Waals surface area contributed by atoms with Crippen LogP contribution in [0.3, 0.4) is 0 Å². The first kappa shape index (κ1) is 13.9. The van der Waals surface area contributed by atoms with Gasteiger partial charge in [-0.3, -0.25) is 0 Å². The number of halogens is 1. The highest BCUT2D eigenvalue weighted by molar-refractivity contribution is 5.58. The van der Waals surface area contributed by atoms with Crippen LogP contribution in [0.2, 0.25) is 0 Å². The van der Waals surface area contributed by atoms with Gasteiger partial charge >= 0.3 is 0 Å². The number of aliphatic hydroxyl groups excluding tert-OH is 1. The van der Waals surface area contributed by atoms with E-state index in [1.54, 1.807) is 25.3 Å². The van der Waals surface area contributed by atoms with Crippen molar-refractivity contribution in [3.8, 4) is 11.4 Å². The zero-order chi connectivity index (χ0) is 15.3. The summed E-state index contributed by atoms with van der Waals surface area (Å²) in [5.74, 6) is 0.290. The van der Waals surface area contributed by atoms with Crippen molar-refractivity contribution in [2.45, 2.75) is 31.3 Å². The van der Waals surface area contributed by atoms with Crippen molar-refractivity contribution in [3.63, 3.8) is 0 Å². The minimum Gasteiger partial charge on any atom is -0.388 e. The Hall–Kier alpha value is -1.76. The van der Waals surface area contributed by atoms with Crippen LogP contribution in [0.5, 0.6) is 0 Å². The molecule has 4 rings (SSSR count). The number of ether oxygens (including phenoxy) is 2. The Morgan fingerprint density at radius 2 is 2.09 bits per heavy atom. The fraction of sp³-hybridized carbons (Fsp3) is 0.438. The number of imidazole rings is 1. The van der Waals surface area contributed by atoms with Crippen molar-refractivity contribution in [2.75, 3.05) is 13.2 Å². The van der Waals surface area contributed by atoms with Gasteiger partial charge in [0.1, 0.15) is 30.0 Å². The lowest BCUT2D eigenvalue weighted by molar-refractivity contribution is 0.0172. The van der Waals surface area contributed by atoms with E-state index in [9.17, 15) is 9.50 Å². The molecule has 0 amide bonds. The molecule has 6 heteroatoms. The van der Waals surface area contributed by atoms with Gasteiger partial charge in [0.05, 0.1) is 24.8 Å². The molecule has 22 heavy (non-hydrogen) atoms. The first-order valence-electron chi connectivity index (χ1n) is 7.36. The largest absolute Gasteiger partial charge is 0.388 e. The number of hydrogen-bond acceptors (Lipinski definition) is 4. The molecule has 3 heterocycles. The van der Waals surface area contributed by atoms with Gasteiger partial charge in [-0.05, 0) is 18.6 Å². The first-order chi connectivity index (χ1) is 10.7. The second-order valence-electron chi connectivity index (χ2n) is 5.83. The second-order valence-corrected chi connectivity index (χ2v) is 5.83. The van der Waals surface area contributed by atoms with E-state index < -0.39 is 6.10 Å². The molecule has 2 saturated heterocycles. The van der Waals surface area contributed by atoms with Crippen LogP contribution in [0.25, 0.3) is 11.4 Å². The van der Waals surface area contributed by atoms with Crippen LogP contribution in [0.4, 0.5) is 4.39 Å². The van der Waals surface area contributed by atoms with Gasteiger partial charge in [0.25, 0.3) is 0 Å². The van der Waals surface area contributed by atoms with Gasteiger partial charge in [0.2, 0.25) is 0 Å². The third kappa shape index (κ3) is 1.99. The van der Waals surface area contributed by atoms with Crippen molar-refractivity contribution in [2.24, 2.45) is 0 Å². The number of aromatic nitrogens is 2. The van der Waals surface area contributed by atoms with E-state index in [2.05, 4.69) is 4.98 Å². The van der Waals surface area contributed by atoms with Crippen LogP contribution in [0, 0.1) is 12.7 Å². The number of aryl methyl sites for hydroxylation is 1. The highest BCUT2D eigenvalue weighted by atomic mass is 19.1. The third-order valence-electron chi connectivity index (χ3n) is 4.46. The predicted molar refractivity (Wildman–Crippen MR) is 76.9 cm³/mol. The molecule has 0 spiro atoms. The fourth-order valence-electron chi connectivity index (χ4n) is 3.31. The van der Waals surface area contributed by atoms with Crippen molar-refractivity contribution in [1.82, 2.24) is 9.55 Å². The average molecular weight is 304 g/mol. The lowest BCUT2D eigenvalue weighted by atomic mass is 10.1. The van der Waals surface area contributed by atoms with Crippen LogP contribution < -0.4 is 0 Å². The number of aliphatic hydroxyl groups is 1. The van der Waals surface area contributed by atoms with Crippen LogP contribution in [0.15, 0.2) is 30.6 Å². The predicted octanol–water partition coefficient (Wildman–Crippen LogP) is 1.70. The Morgan fingerprint density at radius 3 is 2.95 bits per heavy atom. The van der Waals surface area contributed by atoms with Gasteiger partial charge in [-0.2, -0.15) is 0 Å². The summed E-state index contributed by atoms with van der Waals surface area (Å²) in [6, 6.07) is 5.16. The molecule has 2 aromatic rings. The molecule has 2 aliphatic rings. The zero-order valence-corrected chi connectivity index (χ0v) is 12.1. The molecule has 0 unspecified atom stereocenters. The molecule has 1 aromatic carbocycles. The lowest BCUT2D eigenvalue weighted by Crippen LogP contribution is -2.30. The molecule has 0 bridgehead atoms. The average Bonchev–Trinajstić information content (AvgIpc) is 3.19. The number of benzene rings is 1. The molecular weight excluding hydrogens is 287 g/mol. The fourth-order valence-corrected chi connectivity index (χ4v) is 3.31. The maximum atomic E-state index is 14.4. The zero-order valence-electron chi connectivity index (χ0n) is 12.1. The highest BCUT2D eigenvalue weighted by Gasteiger charge is 2.48. The van der Waals surface area contributed by atoms with E-state index in [1.807, 2.05) is 16.8 Å². The van der Waals surface area contributed by atoms with E-state index in [4.69, 9.17) is 9.47 Å². The van der Waals surface area contributed by atoms with Gasteiger partial charge < -0.3 is 19.1 Å². The van der Waals surface area contributed by atoms with E-state index in [0.717, 1.165) is 0 Å². The Kier molecular flexibility index (Phi) is 3.25. The summed E-state index contributed by atoms with van der Waals surface area (Å²) >= 11 is 0. The van der Waals surface area contributed by atoms with E-state index in [0.29, 0.717) is 23.6 Å². The molecule has 0 saturated carbocycles. The Labute approximate surface area is 127 Å². The first-order valence-corrected chi connectivity index (χ1v) is 7.36. The number of nitrogens with zero attached hydrogens (tertiary/aromatic N) is 2. The molecule has 0 aliphatic carbocycles. The summed E-state index contributed by atoms with van der Waals surface area (Å²) in [6.45, 7) is 2.43. The molecule has 4 atom stereocenters. The van der Waals surface area contributed by atoms with Crippen LogP contribution >= 0.6 is 0 Å². The standard InChI is InChI=1S/C16H17FN2O3/c1-9-3-2-4-10(13(9)17)16-18-5-6-19(16)11-7-21-15-12(20)8-22-14(11)15/h2-6,11-12,14-15,20H,7-8H2,1H3/t11-,12-,14-,15-/m1/s1. The second kappa shape index (κ2) is 5.15. The number of fused-ring (bicyclic) bond motifs is 1. The minimum absolute atomic E-state index is 0.112. The normalized spacial score (nSPS) is 30.7. The molecule has 5 nitrogen and oxygen atoms in total. The monoisotopic (exact) mass is 304 g/mol. The van der Waals surface area contributed by atoms with Gasteiger partial charge in [-0.1, -0.05) is 12.1 Å². The van der Waals surface area contributed by atoms with Gasteiger partial charge in [-0.25, -0.2) is 9.37 Å². The summed E-state index contributed by atoms with van der Waals surface area (Å²) in [7, 11) is 0. The van der Waals surface area contributed by atoms with Crippen molar-refractivity contribution >= 4 is 0 Å². The highest BCUT2D eigenvalue weighted by Crippen LogP contribution is 2.36. The molecule has 1 aromatic heterocycles. The Bertz CT molecular complexity index is 702. The van der Waals surface area contributed by atoms with Crippen LogP contribution in [-0.2, 0) is 9.47 Å². The van der Waals surface area contributed by atoms with Crippen LogP contribution in [-0.4, -0.2) is 46.2 Å². The maximum Gasteiger partial charge on any atom is 0.143 e. The Balaban J connectivity index is 1.73. The molecule has 2 fully saturated rings. The molecular formula is C16H17FN2O3.